The van der Waals surface area contributed by atoms with Gasteiger partial charge in [-0.15, -0.1) is 0 Å². The van der Waals surface area contributed by atoms with E-state index in [1.165, 1.54) is 289 Å². The van der Waals surface area contributed by atoms with Gasteiger partial charge in [-0.3, -0.25) is 0 Å². The summed E-state index contributed by atoms with van der Waals surface area (Å²) < 4.78 is 19.5. The van der Waals surface area contributed by atoms with E-state index < -0.39 is 8.80 Å². The molecule has 59 heavy (non-hydrogen) atoms. The number of rotatable bonds is 54. The molecule has 0 spiro atoms. The van der Waals surface area contributed by atoms with Crippen molar-refractivity contribution in [2.45, 2.75) is 336 Å². The van der Waals surface area contributed by atoms with Crippen LogP contribution in [0.15, 0.2) is 0 Å². The van der Waals surface area contributed by atoms with Gasteiger partial charge < -0.3 is 13.3 Å². The van der Waals surface area contributed by atoms with Crippen LogP contribution in [-0.2, 0) is 13.3 Å². The third kappa shape index (κ3) is 50.6. The monoisotopic (exact) mass is 851 g/mol. The van der Waals surface area contributed by atoms with E-state index >= 15 is 0 Å². The van der Waals surface area contributed by atoms with E-state index in [-0.39, 0.29) is 0 Å². The largest absolute Gasteiger partial charge is 0.497 e. The molecule has 0 saturated carbocycles. The molecule has 0 unspecified atom stereocenters. The predicted molar refractivity (Wildman–Crippen MR) is 268 cm³/mol. The fraction of sp³-hybridized carbons (Fsp3) is 1.00. The zero-order valence-corrected chi connectivity index (χ0v) is 42.8. The Morgan fingerprint density at radius 3 is 0.441 bits per heavy atom. The minimum absolute atomic E-state index is 0.805. The molecule has 3 nitrogen and oxygen atoms in total. The van der Waals surface area contributed by atoms with Gasteiger partial charge in [-0.2, -0.15) is 0 Å². The van der Waals surface area contributed by atoms with Crippen LogP contribution >= 0.6 is 0 Å². The Bertz CT molecular complexity index is 638. The molecule has 0 rings (SSSR count). The Balaban J connectivity index is 4.08. The molecular weight excluding hydrogens is 737 g/mol. The van der Waals surface area contributed by atoms with Crippen molar-refractivity contribution in [3.63, 3.8) is 0 Å². The van der Waals surface area contributed by atoms with Crippen molar-refractivity contribution in [1.29, 1.82) is 0 Å². The lowest BCUT2D eigenvalue weighted by atomic mass is 10.0. The summed E-state index contributed by atoms with van der Waals surface area (Å²) in [5.41, 5.74) is 0. The highest BCUT2D eigenvalue weighted by Crippen LogP contribution is 2.19. The summed E-state index contributed by atoms with van der Waals surface area (Å²) in [6.45, 7) is 11.5. The highest BCUT2D eigenvalue weighted by molar-refractivity contribution is 6.59. The first-order valence-electron chi connectivity index (χ1n) is 28.1. The van der Waals surface area contributed by atoms with Crippen LogP contribution in [-0.4, -0.2) is 28.6 Å². The van der Waals surface area contributed by atoms with E-state index in [1.54, 1.807) is 0 Å². The second-order valence-corrected chi connectivity index (χ2v) is 21.9. The number of hydrogen-bond donors (Lipinski definition) is 0. The van der Waals surface area contributed by atoms with Crippen molar-refractivity contribution in [2.24, 2.45) is 0 Å². The summed E-state index contributed by atoms with van der Waals surface area (Å²) in [6, 6.07) is 0. The molecule has 0 aliphatic rings. The zero-order valence-electron chi connectivity index (χ0n) is 41.8. The van der Waals surface area contributed by atoms with Crippen LogP contribution in [0.2, 0.25) is 6.55 Å². The number of unbranched alkanes of at least 4 members (excludes halogenated alkanes) is 45. The Morgan fingerprint density at radius 2 is 0.305 bits per heavy atom. The van der Waals surface area contributed by atoms with Crippen molar-refractivity contribution in [3.05, 3.63) is 0 Å². The molecule has 0 amide bonds. The van der Waals surface area contributed by atoms with Crippen molar-refractivity contribution in [1.82, 2.24) is 0 Å². The van der Waals surface area contributed by atoms with E-state index in [9.17, 15) is 0 Å². The Hall–Kier alpha value is 0.0969. The predicted octanol–water partition coefficient (Wildman–Crippen LogP) is 20.4. The Labute approximate surface area is 376 Å². The third-order valence-corrected chi connectivity index (χ3v) is 15.3. The quantitative estimate of drug-likeness (QED) is 0.0451. The van der Waals surface area contributed by atoms with Gasteiger partial charge in [0, 0.05) is 26.4 Å². The maximum atomic E-state index is 6.50. The molecule has 0 saturated heterocycles. The normalized spacial score (nSPS) is 12.0. The van der Waals surface area contributed by atoms with Crippen LogP contribution < -0.4 is 0 Å². The van der Waals surface area contributed by atoms with Crippen LogP contribution in [0.5, 0.6) is 0 Å². The SMILES string of the molecule is CCCCCCCCCCCCCCCCCCO[Si](C)(OCCCCCCCCCCCCCCCCCC)OCCCCCCCCCCCCCCCCCC. The molecular formula is C55H114O3Si. The van der Waals surface area contributed by atoms with Gasteiger partial charge in [0.1, 0.15) is 0 Å². The lowest BCUT2D eigenvalue weighted by Crippen LogP contribution is -2.43. The fourth-order valence-electron chi connectivity index (χ4n) is 8.85. The van der Waals surface area contributed by atoms with Gasteiger partial charge in [0.05, 0.1) is 0 Å². The molecule has 0 heterocycles. The third-order valence-electron chi connectivity index (χ3n) is 13.1. The first-order valence-corrected chi connectivity index (χ1v) is 30.3. The van der Waals surface area contributed by atoms with E-state index in [4.69, 9.17) is 13.3 Å². The van der Waals surface area contributed by atoms with Gasteiger partial charge in [-0.1, -0.05) is 310 Å². The van der Waals surface area contributed by atoms with Crippen molar-refractivity contribution in [3.8, 4) is 0 Å². The molecule has 0 radical (unpaired) electrons. The first kappa shape index (κ1) is 59.1. The molecule has 0 aromatic heterocycles. The maximum Gasteiger partial charge on any atom is 0.497 e. The average molecular weight is 852 g/mol. The Kier molecular flexibility index (Phi) is 52.5. The molecule has 0 N–H and O–H groups in total. The summed E-state index contributed by atoms with van der Waals surface area (Å²) in [6.07, 6.45) is 67.3. The van der Waals surface area contributed by atoms with E-state index in [0.717, 1.165) is 39.1 Å². The van der Waals surface area contributed by atoms with Gasteiger partial charge in [0.15, 0.2) is 0 Å². The molecule has 0 aromatic carbocycles. The maximum absolute atomic E-state index is 6.50. The van der Waals surface area contributed by atoms with Gasteiger partial charge in [-0.05, 0) is 19.3 Å². The molecule has 0 aromatic rings. The highest BCUT2D eigenvalue weighted by Gasteiger charge is 2.34. The van der Waals surface area contributed by atoms with E-state index in [0.29, 0.717) is 0 Å². The summed E-state index contributed by atoms with van der Waals surface area (Å²) in [4.78, 5) is 0. The topological polar surface area (TPSA) is 27.7 Å². The second-order valence-electron chi connectivity index (χ2n) is 19.3. The van der Waals surface area contributed by atoms with Gasteiger partial charge in [-0.25, -0.2) is 0 Å². The highest BCUT2D eigenvalue weighted by atomic mass is 28.4. The molecule has 0 aliphatic heterocycles. The smallest absolute Gasteiger partial charge is 0.374 e. The second kappa shape index (κ2) is 52.4. The number of hydrogen-bond acceptors (Lipinski definition) is 3. The zero-order chi connectivity index (χ0) is 42.7. The van der Waals surface area contributed by atoms with Crippen LogP contribution in [0.3, 0.4) is 0 Å². The van der Waals surface area contributed by atoms with Crippen molar-refractivity contribution in [2.75, 3.05) is 19.8 Å². The van der Waals surface area contributed by atoms with Crippen LogP contribution in [0.4, 0.5) is 0 Å². The molecule has 4 heteroatoms. The molecule has 356 valence electrons. The fourth-order valence-corrected chi connectivity index (χ4v) is 10.6. The lowest BCUT2D eigenvalue weighted by molar-refractivity contribution is 0.0616. The molecule has 0 aliphatic carbocycles. The first-order chi connectivity index (χ1) is 29.2. The summed E-state index contributed by atoms with van der Waals surface area (Å²) in [5, 5.41) is 0. The minimum Gasteiger partial charge on any atom is -0.374 e. The van der Waals surface area contributed by atoms with Gasteiger partial charge in [0.25, 0.3) is 0 Å². The van der Waals surface area contributed by atoms with Crippen molar-refractivity contribution < 1.29 is 13.3 Å². The lowest BCUT2D eigenvalue weighted by Gasteiger charge is -2.26. The molecule has 0 bridgehead atoms. The van der Waals surface area contributed by atoms with Gasteiger partial charge >= 0.3 is 8.80 Å². The molecule has 0 fully saturated rings. The summed E-state index contributed by atoms with van der Waals surface area (Å²) in [5.74, 6) is 0. The summed E-state index contributed by atoms with van der Waals surface area (Å²) in [7, 11) is -2.58. The standard InChI is InChI=1S/C55H114O3Si/c1-5-8-11-14-17-20-23-26-29-32-35-38-41-44-47-50-53-56-59(4,57-54-51-48-45-42-39-36-33-30-27-24-21-18-15-12-9-6-2)58-55-52-49-46-43-40-37-34-31-28-25-22-19-16-13-10-7-3/h5-55H2,1-4H3. The van der Waals surface area contributed by atoms with E-state index in [1.807, 2.05) is 0 Å². The van der Waals surface area contributed by atoms with E-state index in [2.05, 4.69) is 27.3 Å². The Morgan fingerprint density at radius 1 is 0.186 bits per heavy atom. The van der Waals surface area contributed by atoms with Crippen molar-refractivity contribution >= 4 is 8.80 Å². The molecule has 0 atom stereocenters. The summed E-state index contributed by atoms with van der Waals surface area (Å²) >= 11 is 0. The van der Waals surface area contributed by atoms with Crippen LogP contribution in [0.25, 0.3) is 0 Å². The average Bonchev–Trinajstić information content (AvgIpc) is 3.24. The van der Waals surface area contributed by atoms with Crippen LogP contribution in [0.1, 0.15) is 329 Å². The van der Waals surface area contributed by atoms with Gasteiger partial charge in [0.2, 0.25) is 0 Å². The minimum atomic E-state index is -2.58. The van der Waals surface area contributed by atoms with Crippen LogP contribution in [0, 0.1) is 0 Å².